The quantitative estimate of drug-likeness (QED) is 0.727. The van der Waals surface area contributed by atoms with Crippen LogP contribution in [-0.4, -0.2) is 9.97 Å². The topological polar surface area (TPSA) is 25.8 Å². The summed E-state index contributed by atoms with van der Waals surface area (Å²) in [6, 6.07) is 4.13. The first-order valence-electron chi connectivity index (χ1n) is 4.14. The summed E-state index contributed by atoms with van der Waals surface area (Å²) in [6.07, 6.45) is 4.64. The number of aryl methyl sites for hydroxylation is 1. The van der Waals surface area contributed by atoms with E-state index in [1.807, 2.05) is 30.8 Å². The first-order chi connectivity index (χ1) is 6.34. The van der Waals surface area contributed by atoms with Gasteiger partial charge in [-0.05, 0) is 18.6 Å². The fourth-order valence-corrected chi connectivity index (χ4v) is 1.77. The molecule has 0 N–H and O–H groups in total. The maximum absolute atomic E-state index is 4.24. The van der Waals surface area contributed by atoms with Gasteiger partial charge in [0.05, 0.1) is 5.01 Å². The van der Waals surface area contributed by atoms with Gasteiger partial charge in [0.1, 0.15) is 0 Å². The zero-order chi connectivity index (χ0) is 9.10. The van der Waals surface area contributed by atoms with E-state index in [0.29, 0.717) is 0 Å². The molecule has 2 nitrogen and oxygen atoms in total. The van der Waals surface area contributed by atoms with E-state index in [9.17, 15) is 0 Å². The Balaban J connectivity index is 2.15. The van der Waals surface area contributed by atoms with Crippen LogP contribution in [0.3, 0.4) is 0 Å². The van der Waals surface area contributed by atoms with Crippen molar-refractivity contribution in [3.05, 3.63) is 46.2 Å². The molecule has 0 aliphatic rings. The summed E-state index contributed by atoms with van der Waals surface area (Å²) in [5.74, 6) is 0. The van der Waals surface area contributed by atoms with Crippen LogP contribution in [-0.2, 0) is 6.42 Å². The predicted molar refractivity (Wildman–Crippen MR) is 53.9 cm³/mol. The molecule has 0 spiro atoms. The first-order valence-corrected chi connectivity index (χ1v) is 5.02. The lowest BCUT2D eigenvalue weighted by molar-refractivity contribution is 1.09. The van der Waals surface area contributed by atoms with Crippen molar-refractivity contribution in [3.8, 4) is 0 Å². The Morgan fingerprint density at radius 2 is 2.23 bits per heavy atom. The van der Waals surface area contributed by atoms with E-state index in [4.69, 9.17) is 0 Å². The minimum absolute atomic E-state index is 0.894. The van der Waals surface area contributed by atoms with E-state index in [2.05, 4.69) is 16.0 Å². The summed E-state index contributed by atoms with van der Waals surface area (Å²) in [5, 5.41) is 3.14. The van der Waals surface area contributed by atoms with Gasteiger partial charge in [0.2, 0.25) is 0 Å². The Kier molecular flexibility index (Phi) is 2.36. The molecule has 2 aromatic heterocycles. The van der Waals surface area contributed by atoms with E-state index in [1.165, 1.54) is 5.56 Å². The van der Waals surface area contributed by atoms with Crippen LogP contribution in [0.2, 0.25) is 0 Å². The molecule has 3 heteroatoms. The van der Waals surface area contributed by atoms with Crippen molar-refractivity contribution < 1.29 is 0 Å². The normalized spacial score (nSPS) is 10.2. The lowest BCUT2D eigenvalue weighted by Gasteiger charge is -1.97. The van der Waals surface area contributed by atoms with Gasteiger partial charge < -0.3 is 0 Å². The fourth-order valence-electron chi connectivity index (χ4n) is 1.12. The lowest BCUT2D eigenvalue weighted by Crippen LogP contribution is -1.88. The zero-order valence-corrected chi connectivity index (χ0v) is 8.21. The molecular formula is C10H10N2S. The minimum Gasteiger partial charge on any atom is -0.261 e. The monoisotopic (exact) mass is 190 g/mol. The molecule has 0 saturated heterocycles. The van der Waals surface area contributed by atoms with Gasteiger partial charge in [0.15, 0.2) is 0 Å². The van der Waals surface area contributed by atoms with Gasteiger partial charge in [-0.3, -0.25) is 4.98 Å². The van der Waals surface area contributed by atoms with Crippen LogP contribution in [0.4, 0.5) is 0 Å². The SMILES string of the molecule is Cc1ccc(Cc2nccs2)cn1. The van der Waals surface area contributed by atoms with Gasteiger partial charge in [0, 0.05) is 29.9 Å². The molecule has 66 valence electrons. The second-order valence-corrected chi connectivity index (χ2v) is 3.89. The number of hydrogen-bond acceptors (Lipinski definition) is 3. The maximum atomic E-state index is 4.24. The van der Waals surface area contributed by atoms with Crippen LogP contribution in [0.25, 0.3) is 0 Å². The molecule has 13 heavy (non-hydrogen) atoms. The van der Waals surface area contributed by atoms with Crippen molar-refractivity contribution in [3.63, 3.8) is 0 Å². The molecule has 0 aliphatic carbocycles. The third kappa shape index (κ3) is 2.12. The highest BCUT2D eigenvalue weighted by Crippen LogP contribution is 2.10. The minimum atomic E-state index is 0.894. The third-order valence-electron chi connectivity index (χ3n) is 1.81. The predicted octanol–water partition coefficient (Wildman–Crippen LogP) is 2.44. The Morgan fingerprint density at radius 1 is 1.31 bits per heavy atom. The molecule has 0 bridgehead atoms. The molecule has 0 unspecified atom stereocenters. The van der Waals surface area contributed by atoms with Crippen molar-refractivity contribution >= 4 is 11.3 Å². The summed E-state index contributed by atoms with van der Waals surface area (Å²) < 4.78 is 0. The summed E-state index contributed by atoms with van der Waals surface area (Å²) in [5.41, 5.74) is 2.28. The number of nitrogens with zero attached hydrogens (tertiary/aromatic N) is 2. The fraction of sp³-hybridized carbons (Fsp3) is 0.200. The Morgan fingerprint density at radius 3 is 2.85 bits per heavy atom. The van der Waals surface area contributed by atoms with Gasteiger partial charge in [-0.25, -0.2) is 4.98 Å². The molecule has 0 radical (unpaired) electrons. The molecule has 2 rings (SSSR count). The van der Waals surface area contributed by atoms with E-state index < -0.39 is 0 Å². The number of rotatable bonds is 2. The second-order valence-electron chi connectivity index (χ2n) is 2.91. The Hall–Kier alpha value is -1.22. The molecule has 0 fully saturated rings. The van der Waals surface area contributed by atoms with Gasteiger partial charge >= 0.3 is 0 Å². The van der Waals surface area contributed by atoms with E-state index in [-0.39, 0.29) is 0 Å². The van der Waals surface area contributed by atoms with E-state index in [0.717, 1.165) is 17.1 Å². The van der Waals surface area contributed by atoms with Crippen LogP contribution in [0.1, 0.15) is 16.3 Å². The van der Waals surface area contributed by atoms with E-state index in [1.54, 1.807) is 11.3 Å². The van der Waals surface area contributed by atoms with Gasteiger partial charge in [0.25, 0.3) is 0 Å². The molecule has 0 saturated carbocycles. The Labute approximate surface area is 81.3 Å². The summed E-state index contributed by atoms with van der Waals surface area (Å²) in [6.45, 7) is 1.99. The Bertz CT molecular complexity index is 364. The lowest BCUT2D eigenvalue weighted by atomic mass is 10.2. The van der Waals surface area contributed by atoms with Crippen molar-refractivity contribution in [1.82, 2.24) is 9.97 Å². The van der Waals surface area contributed by atoms with Gasteiger partial charge in [-0.15, -0.1) is 11.3 Å². The van der Waals surface area contributed by atoms with E-state index >= 15 is 0 Å². The van der Waals surface area contributed by atoms with Crippen molar-refractivity contribution in [2.45, 2.75) is 13.3 Å². The van der Waals surface area contributed by atoms with Gasteiger partial charge in [-0.2, -0.15) is 0 Å². The number of aromatic nitrogens is 2. The maximum Gasteiger partial charge on any atom is 0.0969 e. The number of thiazole rings is 1. The van der Waals surface area contributed by atoms with Crippen LogP contribution in [0, 0.1) is 6.92 Å². The molecule has 2 heterocycles. The molecule has 0 aromatic carbocycles. The molecule has 0 amide bonds. The average molecular weight is 190 g/mol. The van der Waals surface area contributed by atoms with Crippen LogP contribution >= 0.6 is 11.3 Å². The van der Waals surface area contributed by atoms with Crippen LogP contribution in [0.15, 0.2) is 29.9 Å². The molecular weight excluding hydrogens is 180 g/mol. The zero-order valence-electron chi connectivity index (χ0n) is 7.40. The standard InChI is InChI=1S/C10H10N2S/c1-8-2-3-9(7-12-8)6-10-11-4-5-13-10/h2-5,7H,6H2,1H3. The molecule has 0 atom stereocenters. The summed E-state index contributed by atoms with van der Waals surface area (Å²) in [7, 11) is 0. The molecule has 0 aliphatic heterocycles. The average Bonchev–Trinajstić information content (AvgIpc) is 2.62. The highest BCUT2D eigenvalue weighted by atomic mass is 32.1. The number of hydrogen-bond donors (Lipinski definition) is 0. The van der Waals surface area contributed by atoms with Crippen LogP contribution < -0.4 is 0 Å². The van der Waals surface area contributed by atoms with Crippen LogP contribution in [0.5, 0.6) is 0 Å². The van der Waals surface area contributed by atoms with Crippen molar-refractivity contribution in [1.29, 1.82) is 0 Å². The largest absolute Gasteiger partial charge is 0.261 e. The van der Waals surface area contributed by atoms with Gasteiger partial charge in [-0.1, -0.05) is 6.07 Å². The summed E-state index contributed by atoms with van der Waals surface area (Å²) >= 11 is 1.68. The van der Waals surface area contributed by atoms with Crippen molar-refractivity contribution in [2.24, 2.45) is 0 Å². The molecule has 2 aromatic rings. The van der Waals surface area contributed by atoms with Crippen molar-refractivity contribution in [2.75, 3.05) is 0 Å². The number of pyridine rings is 1. The third-order valence-corrected chi connectivity index (χ3v) is 2.59. The summed E-state index contributed by atoms with van der Waals surface area (Å²) in [4.78, 5) is 8.46. The highest BCUT2D eigenvalue weighted by Gasteiger charge is 1.97. The second kappa shape index (κ2) is 3.66. The highest BCUT2D eigenvalue weighted by molar-refractivity contribution is 7.09. The first kappa shape index (κ1) is 8.38. The smallest absolute Gasteiger partial charge is 0.0969 e.